The van der Waals surface area contributed by atoms with Crippen molar-refractivity contribution in [1.29, 1.82) is 0 Å². The van der Waals surface area contributed by atoms with Gasteiger partial charge in [-0.1, -0.05) is 0 Å². The molecular weight excluding hydrogens is 340 g/mol. The number of rotatable bonds is 5. The Balaban J connectivity index is 1.94. The molecule has 3 rings (SSSR count). The summed E-state index contributed by atoms with van der Waals surface area (Å²) in [6, 6.07) is 5.57. The standard InChI is InChI=1S/C17H18N4O3S/c1-10-15(17(22)21(2)12-8-18-19-9-12)25-16(20-10)11-5-6-13(23-3)14(7-11)24-4/h5-9H,1-4H3,(H,18,19). The van der Waals surface area contributed by atoms with E-state index in [-0.39, 0.29) is 5.91 Å². The van der Waals surface area contributed by atoms with Crippen LogP contribution in [0.25, 0.3) is 10.6 Å². The number of H-pyrrole nitrogens is 1. The van der Waals surface area contributed by atoms with Crippen LogP contribution in [-0.4, -0.2) is 42.4 Å². The van der Waals surface area contributed by atoms with Crippen LogP contribution >= 0.6 is 11.3 Å². The van der Waals surface area contributed by atoms with Crippen LogP contribution in [0.15, 0.2) is 30.6 Å². The number of ether oxygens (including phenoxy) is 2. The summed E-state index contributed by atoms with van der Waals surface area (Å²) < 4.78 is 10.6. The van der Waals surface area contributed by atoms with Crippen molar-refractivity contribution >= 4 is 22.9 Å². The van der Waals surface area contributed by atoms with Crippen LogP contribution in [0.1, 0.15) is 15.4 Å². The molecule has 0 aliphatic carbocycles. The molecule has 0 fully saturated rings. The molecule has 0 aliphatic heterocycles. The maximum Gasteiger partial charge on any atom is 0.270 e. The fourth-order valence-corrected chi connectivity index (χ4v) is 3.42. The van der Waals surface area contributed by atoms with Gasteiger partial charge in [-0.3, -0.25) is 9.89 Å². The summed E-state index contributed by atoms with van der Waals surface area (Å²) in [5.74, 6) is 1.15. The van der Waals surface area contributed by atoms with E-state index < -0.39 is 0 Å². The first-order valence-corrected chi connectivity index (χ1v) is 8.33. The first-order valence-electron chi connectivity index (χ1n) is 7.51. The summed E-state index contributed by atoms with van der Waals surface area (Å²) in [5, 5.41) is 7.33. The maximum absolute atomic E-state index is 12.7. The molecule has 130 valence electrons. The minimum atomic E-state index is -0.122. The maximum atomic E-state index is 12.7. The van der Waals surface area contributed by atoms with Gasteiger partial charge >= 0.3 is 0 Å². The number of aromatic nitrogens is 3. The molecule has 2 heterocycles. The van der Waals surface area contributed by atoms with Crippen LogP contribution in [0.5, 0.6) is 11.5 Å². The van der Waals surface area contributed by atoms with Gasteiger partial charge in [0.15, 0.2) is 11.5 Å². The molecule has 1 amide bonds. The second-order valence-electron chi connectivity index (χ2n) is 5.32. The zero-order chi connectivity index (χ0) is 18.0. The summed E-state index contributed by atoms with van der Waals surface area (Å²) in [5.41, 5.74) is 2.26. The second-order valence-corrected chi connectivity index (χ2v) is 6.32. The van der Waals surface area contributed by atoms with E-state index >= 15 is 0 Å². The van der Waals surface area contributed by atoms with Gasteiger partial charge in [0.1, 0.15) is 9.88 Å². The number of thiazole rings is 1. The number of benzene rings is 1. The smallest absolute Gasteiger partial charge is 0.270 e. The van der Waals surface area contributed by atoms with Gasteiger partial charge in [-0.15, -0.1) is 11.3 Å². The fraction of sp³-hybridized carbons (Fsp3) is 0.235. The van der Waals surface area contributed by atoms with Crippen molar-refractivity contribution in [1.82, 2.24) is 15.2 Å². The molecular formula is C17H18N4O3S. The summed E-state index contributed by atoms with van der Waals surface area (Å²) in [7, 11) is 4.89. The van der Waals surface area contributed by atoms with Crippen molar-refractivity contribution in [3.8, 4) is 22.1 Å². The molecule has 0 spiro atoms. The monoisotopic (exact) mass is 358 g/mol. The molecule has 7 nitrogen and oxygen atoms in total. The van der Waals surface area contributed by atoms with Crippen LogP contribution < -0.4 is 14.4 Å². The SMILES string of the molecule is COc1ccc(-c2nc(C)c(C(=O)N(C)c3cn[nH]c3)s2)cc1OC. The fourth-order valence-electron chi connectivity index (χ4n) is 2.38. The van der Waals surface area contributed by atoms with Crippen LogP contribution in [0.4, 0.5) is 5.69 Å². The largest absolute Gasteiger partial charge is 0.493 e. The van der Waals surface area contributed by atoms with Gasteiger partial charge in [-0.25, -0.2) is 4.98 Å². The first kappa shape index (κ1) is 17.0. The van der Waals surface area contributed by atoms with Crippen molar-refractivity contribution < 1.29 is 14.3 Å². The molecule has 25 heavy (non-hydrogen) atoms. The van der Waals surface area contributed by atoms with Crippen molar-refractivity contribution in [3.63, 3.8) is 0 Å². The molecule has 0 unspecified atom stereocenters. The lowest BCUT2D eigenvalue weighted by Gasteiger charge is -2.13. The third-order valence-electron chi connectivity index (χ3n) is 3.80. The number of anilines is 1. The van der Waals surface area contributed by atoms with Crippen molar-refractivity contribution in [2.75, 3.05) is 26.2 Å². The Morgan fingerprint density at radius 1 is 1.24 bits per heavy atom. The molecule has 0 atom stereocenters. The molecule has 3 aromatic rings. The Bertz CT molecular complexity index is 889. The number of carbonyl (C=O) groups is 1. The number of hydrogen-bond acceptors (Lipinski definition) is 6. The third kappa shape index (κ3) is 3.20. The number of amides is 1. The minimum Gasteiger partial charge on any atom is -0.493 e. The Labute approximate surface area is 149 Å². The Morgan fingerprint density at radius 3 is 2.64 bits per heavy atom. The summed E-state index contributed by atoms with van der Waals surface area (Å²) in [4.78, 5) is 19.4. The van der Waals surface area contributed by atoms with Crippen molar-refractivity contribution in [3.05, 3.63) is 41.2 Å². The zero-order valence-corrected chi connectivity index (χ0v) is 15.2. The zero-order valence-electron chi connectivity index (χ0n) is 14.4. The summed E-state index contributed by atoms with van der Waals surface area (Å²) in [6.45, 7) is 1.83. The first-order chi connectivity index (χ1) is 12.0. The van der Waals surface area contributed by atoms with Crippen LogP contribution in [0.2, 0.25) is 0 Å². The highest BCUT2D eigenvalue weighted by Crippen LogP contribution is 2.35. The van der Waals surface area contributed by atoms with E-state index in [9.17, 15) is 4.79 Å². The average molecular weight is 358 g/mol. The van der Waals surface area contributed by atoms with Gasteiger partial charge in [-0.2, -0.15) is 5.10 Å². The molecule has 0 saturated heterocycles. The van der Waals surface area contributed by atoms with Crippen molar-refractivity contribution in [2.45, 2.75) is 6.92 Å². The van der Waals surface area contributed by atoms with Crippen LogP contribution in [0.3, 0.4) is 0 Å². The summed E-state index contributed by atoms with van der Waals surface area (Å²) >= 11 is 1.35. The van der Waals surface area contributed by atoms with E-state index in [4.69, 9.17) is 9.47 Å². The van der Waals surface area contributed by atoms with Gasteiger partial charge in [0.25, 0.3) is 5.91 Å². The van der Waals surface area contributed by atoms with Crippen molar-refractivity contribution in [2.24, 2.45) is 0 Å². The van der Waals surface area contributed by atoms with Crippen LogP contribution in [0, 0.1) is 6.92 Å². The lowest BCUT2D eigenvalue weighted by molar-refractivity contribution is 0.0996. The number of aromatic amines is 1. The van der Waals surface area contributed by atoms with E-state index in [2.05, 4.69) is 15.2 Å². The number of methoxy groups -OCH3 is 2. The van der Waals surface area contributed by atoms with E-state index in [1.54, 1.807) is 38.6 Å². The Morgan fingerprint density at radius 2 is 2.00 bits per heavy atom. The highest BCUT2D eigenvalue weighted by molar-refractivity contribution is 7.17. The van der Waals surface area contributed by atoms with Gasteiger partial charge in [0.05, 0.1) is 31.8 Å². The van der Waals surface area contributed by atoms with Gasteiger partial charge < -0.3 is 14.4 Å². The molecule has 2 aromatic heterocycles. The van der Waals surface area contributed by atoms with E-state index in [0.29, 0.717) is 27.8 Å². The second kappa shape index (κ2) is 6.94. The molecule has 1 aromatic carbocycles. The predicted molar refractivity (Wildman–Crippen MR) is 96.7 cm³/mol. The van der Waals surface area contributed by atoms with E-state index in [1.165, 1.54) is 11.3 Å². The lowest BCUT2D eigenvalue weighted by Crippen LogP contribution is -2.25. The summed E-state index contributed by atoms with van der Waals surface area (Å²) in [6.07, 6.45) is 3.27. The number of aryl methyl sites for hydroxylation is 1. The number of hydrogen-bond donors (Lipinski definition) is 1. The number of nitrogens with one attached hydrogen (secondary N) is 1. The average Bonchev–Trinajstić information content (AvgIpc) is 3.29. The molecule has 1 N–H and O–H groups in total. The molecule has 0 radical (unpaired) electrons. The molecule has 0 bridgehead atoms. The molecule has 0 aliphatic rings. The Kier molecular flexibility index (Phi) is 4.71. The quantitative estimate of drug-likeness (QED) is 0.758. The topological polar surface area (TPSA) is 80.3 Å². The highest BCUT2D eigenvalue weighted by Gasteiger charge is 2.21. The Hall–Kier alpha value is -2.87. The van der Waals surface area contributed by atoms with Gasteiger partial charge in [0, 0.05) is 18.8 Å². The lowest BCUT2D eigenvalue weighted by atomic mass is 10.2. The normalized spacial score (nSPS) is 10.6. The predicted octanol–water partition coefficient (Wildman–Crippen LogP) is 3.14. The van der Waals surface area contributed by atoms with E-state index in [1.807, 2.05) is 25.1 Å². The number of carbonyl (C=O) groups excluding carboxylic acids is 1. The molecule has 8 heteroatoms. The minimum absolute atomic E-state index is 0.122. The van der Waals surface area contributed by atoms with E-state index in [0.717, 1.165) is 10.6 Å². The number of nitrogens with zero attached hydrogens (tertiary/aromatic N) is 3. The van der Waals surface area contributed by atoms with Gasteiger partial charge in [-0.05, 0) is 25.1 Å². The van der Waals surface area contributed by atoms with Crippen LogP contribution in [-0.2, 0) is 0 Å². The third-order valence-corrected chi connectivity index (χ3v) is 4.99. The van der Waals surface area contributed by atoms with Gasteiger partial charge in [0.2, 0.25) is 0 Å². The molecule has 0 saturated carbocycles. The highest BCUT2D eigenvalue weighted by atomic mass is 32.1.